The summed E-state index contributed by atoms with van der Waals surface area (Å²) < 4.78 is 2.38. The van der Waals surface area contributed by atoms with Crippen molar-refractivity contribution < 1.29 is 0 Å². The fourth-order valence-electron chi connectivity index (χ4n) is 0.307. The third kappa shape index (κ3) is 0.691. The van der Waals surface area contributed by atoms with Gasteiger partial charge in [0.15, 0.2) is 0 Å². The van der Waals surface area contributed by atoms with Crippen LogP contribution in [0.15, 0.2) is 6.20 Å². The lowest BCUT2D eigenvalue weighted by Crippen LogP contribution is -1.88. The van der Waals surface area contributed by atoms with Gasteiger partial charge in [0.05, 0.1) is 6.20 Å². The molecule has 3 nitrogen and oxygen atoms in total. The first kappa shape index (κ1) is 4.52. The summed E-state index contributed by atoms with van der Waals surface area (Å²) in [5, 5.41) is 6.29. The van der Waals surface area contributed by atoms with Gasteiger partial charge in [-0.3, -0.25) is 4.68 Å². The van der Waals surface area contributed by atoms with Gasteiger partial charge in [-0.1, -0.05) is 12.2 Å². The molecular formula is C3H5N3S. The van der Waals surface area contributed by atoms with Crippen molar-refractivity contribution in [3.05, 3.63) is 10.8 Å². The van der Waals surface area contributed by atoms with Crippen molar-refractivity contribution >= 4 is 12.2 Å². The maximum Gasteiger partial charge on any atom is 0.141 e. The summed E-state index contributed by atoms with van der Waals surface area (Å²) in [7, 11) is 1.81. The molecule has 0 aliphatic heterocycles. The fraction of sp³-hybridized carbons (Fsp3) is 0.333. The summed E-state index contributed by atoms with van der Waals surface area (Å²) in [5.41, 5.74) is 0. The van der Waals surface area contributed by atoms with Gasteiger partial charge in [-0.05, 0) is 0 Å². The Morgan fingerprint density at radius 1 is 2.00 bits per heavy atom. The van der Waals surface area contributed by atoms with E-state index in [0.717, 1.165) is 4.64 Å². The molecule has 38 valence electrons. The van der Waals surface area contributed by atoms with Crippen molar-refractivity contribution in [2.75, 3.05) is 0 Å². The average molecular weight is 115 g/mol. The molecule has 0 unspecified atom stereocenters. The zero-order chi connectivity index (χ0) is 5.28. The normalized spacial score (nSPS) is 9.29. The van der Waals surface area contributed by atoms with Crippen LogP contribution in [0.2, 0.25) is 0 Å². The molecule has 0 spiro atoms. The van der Waals surface area contributed by atoms with E-state index in [1.165, 1.54) is 0 Å². The minimum absolute atomic E-state index is 0.722. The Labute approximate surface area is 46.0 Å². The zero-order valence-corrected chi connectivity index (χ0v) is 4.70. The lowest BCUT2D eigenvalue weighted by molar-refractivity contribution is 0.707. The van der Waals surface area contributed by atoms with E-state index in [1.807, 2.05) is 7.05 Å². The van der Waals surface area contributed by atoms with Gasteiger partial charge in [0.25, 0.3) is 0 Å². The maximum absolute atomic E-state index is 4.76. The van der Waals surface area contributed by atoms with Gasteiger partial charge in [0.2, 0.25) is 0 Å². The number of aryl methyl sites for hydroxylation is 1. The van der Waals surface area contributed by atoms with Crippen LogP contribution >= 0.6 is 12.2 Å². The Morgan fingerprint density at radius 3 is 2.86 bits per heavy atom. The van der Waals surface area contributed by atoms with Gasteiger partial charge in [-0.25, -0.2) is 5.21 Å². The minimum atomic E-state index is 0.722. The highest BCUT2D eigenvalue weighted by Crippen LogP contribution is 1.77. The molecule has 0 radical (unpaired) electrons. The number of hydrogen-bond acceptors (Lipinski definition) is 2. The summed E-state index contributed by atoms with van der Waals surface area (Å²) in [5.74, 6) is 0. The molecule has 1 rings (SSSR count). The smallest absolute Gasteiger partial charge is 0.141 e. The predicted octanol–water partition coefficient (Wildman–Crippen LogP) is 0.478. The number of aromatic amines is 1. The van der Waals surface area contributed by atoms with Crippen LogP contribution in [0.25, 0.3) is 0 Å². The van der Waals surface area contributed by atoms with Crippen LogP contribution in [0, 0.1) is 4.64 Å². The van der Waals surface area contributed by atoms with Crippen LogP contribution in [0.3, 0.4) is 0 Å². The first-order chi connectivity index (χ1) is 3.30. The molecule has 0 bridgehead atoms. The number of H-pyrrole nitrogens is 1. The molecule has 0 fully saturated rings. The summed E-state index contributed by atoms with van der Waals surface area (Å²) in [6.07, 6.45) is 1.59. The number of hydrogen-bond donors (Lipinski definition) is 1. The molecule has 1 N–H and O–H groups in total. The highest BCUT2D eigenvalue weighted by atomic mass is 32.1. The second kappa shape index (κ2) is 1.46. The van der Waals surface area contributed by atoms with Gasteiger partial charge in [0.1, 0.15) is 4.64 Å². The molecule has 1 aromatic heterocycles. The standard InChI is InChI=1S/C3H5N3S/c1-6-3(7)2-4-5-6/h2,5H,1H3. The van der Waals surface area contributed by atoms with Crippen LogP contribution in [-0.4, -0.2) is 15.0 Å². The highest BCUT2D eigenvalue weighted by Gasteiger charge is 1.77. The minimum Gasteiger partial charge on any atom is -0.263 e. The second-order valence-electron chi connectivity index (χ2n) is 1.26. The van der Waals surface area contributed by atoms with Crippen LogP contribution in [0.4, 0.5) is 0 Å². The largest absolute Gasteiger partial charge is 0.263 e. The van der Waals surface area contributed by atoms with Crippen LogP contribution in [0.1, 0.15) is 0 Å². The van der Waals surface area contributed by atoms with Gasteiger partial charge in [0, 0.05) is 7.05 Å². The van der Waals surface area contributed by atoms with Crippen LogP contribution in [-0.2, 0) is 7.05 Å². The monoisotopic (exact) mass is 115 g/mol. The number of aromatic nitrogens is 3. The maximum atomic E-state index is 4.76. The molecule has 0 atom stereocenters. The van der Waals surface area contributed by atoms with Crippen molar-refractivity contribution in [2.24, 2.45) is 7.05 Å². The summed E-state index contributed by atoms with van der Waals surface area (Å²) in [4.78, 5) is 0. The van der Waals surface area contributed by atoms with Gasteiger partial charge < -0.3 is 0 Å². The summed E-state index contributed by atoms with van der Waals surface area (Å²) >= 11 is 4.76. The Bertz CT molecular complexity index is 198. The Balaban J connectivity index is 3.39. The SMILES string of the molecule is Cn1[nH]ncc1=S. The molecule has 0 amide bonds. The predicted molar refractivity (Wildman–Crippen MR) is 28.4 cm³/mol. The van der Waals surface area contributed by atoms with E-state index < -0.39 is 0 Å². The van der Waals surface area contributed by atoms with E-state index in [2.05, 4.69) is 10.3 Å². The third-order valence-corrected chi connectivity index (χ3v) is 1.09. The van der Waals surface area contributed by atoms with E-state index in [9.17, 15) is 0 Å². The topological polar surface area (TPSA) is 33.6 Å². The number of nitrogens with zero attached hydrogens (tertiary/aromatic N) is 2. The second-order valence-corrected chi connectivity index (χ2v) is 1.67. The first-order valence-corrected chi connectivity index (χ1v) is 2.28. The van der Waals surface area contributed by atoms with Gasteiger partial charge in [-0.15, -0.1) is 0 Å². The lowest BCUT2D eigenvalue weighted by Gasteiger charge is -1.80. The van der Waals surface area contributed by atoms with Crippen LogP contribution < -0.4 is 0 Å². The van der Waals surface area contributed by atoms with Gasteiger partial charge in [-0.2, -0.15) is 5.10 Å². The molecule has 0 aliphatic carbocycles. The fourth-order valence-corrected chi connectivity index (χ4v) is 0.400. The van der Waals surface area contributed by atoms with E-state index in [0.29, 0.717) is 0 Å². The zero-order valence-electron chi connectivity index (χ0n) is 3.88. The average Bonchev–Trinajstić information content (AvgIpc) is 1.91. The van der Waals surface area contributed by atoms with Gasteiger partial charge >= 0.3 is 0 Å². The highest BCUT2D eigenvalue weighted by molar-refractivity contribution is 7.71. The van der Waals surface area contributed by atoms with Crippen molar-refractivity contribution in [1.82, 2.24) is 15.0 Å². The molecule has 7 heavy (non-hydrogen) atoms. The molecule has 4 heteroatoms. The van der Waals surface area contributed by atoms with E-state index >= 15 is 0 Å². The van der Waals surface area contributed by atoms with Crippen LogP contribution in [0.5, 0.6) is 0 Å². The van der Waals surface area contributed by atoms with Crippen molar-refractivity contribution in [1.29, 1.82) is 0 Å². The molecule has 0 saturated carbocycles. The van der Waals surface area contributed by atoms with E-state index in [-0.39, 0.29) is 0 Å². The Kier molecular flexibility index (Phi) is 0.941. The number of nitrogens with one attached hydrogen (secondary N) is 1. The lowest BCUT2D eigenvalue weighted by atomic mass is 10.9. The molecular weight excluding hydrogens is 110 g/mol. The van der Waals surface area contributed by atoms with Crippen molar-refractivity contribution in [3.8, 4) is 0 Å². The Hall–Kier alpha value is -0.640. The third-order valence-electron chi connectivity index (χ3n) is 0.713. The van der Waals surface area contributed by atoms with Crippen molar-refractivity contribution in [2.45, 2.75) is 0 Å². The molecule has 0 aromatic carbocycles. The number of rotatable bonds is 0. The summed E-state index contributed by atoms with van der Waals surface area (Å²) in [6.45, 7) is 0. The Morgan fingerprint density at radius 2 is 2.71 bits per heavy atom. The summed E-state index contributed by atoms with van der Waals surface area (Å²) in [6, 6.07) is 0. The molecule has 0 saturated heterocycles. The van der Waals surface area contributed by atoms with E-state index in [1.54, 1.807) is 10.9 Å². The molecule has 1 heterocycles. The van der Waals surface area contributed by atoms with E-state index in [4.69, 9.17) is 12.2 Å². The van der Waals surface area contributed by atoms with Crippen molar-refractivity contribution in [3.63, 3.8) is 0 Å². The quantitative estimate of drug-likeness (QED) is 0.499. The molecule has 0 aliphatic rings. The molecule has 1 aromatic rings. The first-order valence-electron chi connectivity index (χ1n) is 1.87.